The predicted molar refractivity (Wildman–Crippen MR) is 87.3 cm³/mol. The van der Waals surface area contributed by atoms with Crippen LogP contribution in [0.25, 0.3) is 0 Å². The lowest BCUT2D eigenvalue weighted by molar-refractivity contribution is -0.870. The van der Waals surface area contributed by atoms with E-state index in [1.165, 1.54) is 5.56 Å². The van der Waals surface area contributed by atoms with Gasteiger partial charge in [-0.15, -0.1) is 0 Å². The Balaban J connectivity index is 0.00000441. The SMILES string of the molecule is CC(C)Cc1ccc(C(C)C(=O)OCC[N+](C)(C)C)cc1.[Cl-]. The largest absolute Gasteiger partial charge is 1.00 e. The monoisotopic (exact) mass is 327 g/mol. The maximum atomic E-state index is 12.1. The quantitative estimate of drug-likeness (QED) is 0.530. The van der Waals surface area contributed by atoms with Gasteiger partial charge >= 0.3 is 5.97 Å². The molecule has 0 heterocycles. The van der Waals surface area contributed by atoms with E-state index in [9.17, 15) is 4.79 Å². The Morgan fingerprint density at radius 1 is 1.09 bits per heavy atom. The van der Waals surface area contributed by atoms with Crippen LogP contribution in [0.4, 0.5) is 0 Å². The van der Waals surface area contributed by atoms with Crippen molar-refractivity contribution in [3.63, 3.8) is 0 Å². The Labute approximate surface area is 141 Å². The third-order valence-electron chi connectivity index (χ3n) is 3.48. The van der Waals surface area contributed by atoms with Crippen molar-refractivity contribution in [2.24, 2.45) is 5.92 Å². The first-order chi connectivity index (χ1) is 9.69. The van der Waals surface area contributed by atoms with Crippen LogP contribution in [0, 0.1) is 5.92 Å². The molecule has 22 heavy (non-hydrogen) atoms. The highest BCUT2D eigenvalue weighted by Gasteiger charge is 2.18. The molecule has 0 radical (unpaired) electrons. The molecule has 0 saturated carbocycles. The topological polar surface area (TPSA) is 26.3 Å². The molecule has 0 fully saturated rings. The van der Waals surface area contributed by atoms with Gasteiger partial charge in [-0.3, -0.25) is 4.79 Å². The molecule has 126 valence electrons. The summed E-state index contributed by atoms with van der Waals surface area (Å²) in [6, 6.07) is 8.32. The second kappa shape index (κ2) is 9.16. The molecule has 0 saturated heterocycles. The first-order valence-corrected chi connectivity index (χ1v) is 7.75. The molecule has 0 spiro atoms. The van der Waals surface area contributed by atoms with Crippen LogP contribution in [0.1, 0.15) is 37.8 Å². The fourth-order valence-electron chi connectivity index (χ4n) is 2.09. The zero-order valence-electron chi connectivity index (χ0n) is 14.7. The lowest BCUT2D eigenvalue weighted by atomic mass is 9.97. The number of hydrogen-bond donors (Lipinski definition) is 0. The molecule has 0 N–H and O–H groups in total. The van der Waals surface area contributed by atoms with Crippen LogP contribution in [0.15, 0.2) is 24.3 Å². The van der Waals surface area contributed by atoms with Crippen molar-refractivity contribution in [1.29, 1.82) is 0 Å². The molecular formula is C18H30ClNO2. The zero-order valence-corrected chi connectivity index (χ0v) is 15.5. The zero-order chi connectivity index (χ0) is 16.0. The lowest BCUT2D eigenvalue weighted by Gasteiger charge is -2.23. The Bertz CT molecular complexity index is 449. The van der Waals surface area contributed by atoms with E-state index in [1.54, 1.807) is 0 Å². The Morgan fingerprint density at radius 3 is 2.09 bits per heavy atom. The van der Waals surface area contributed by atoms with Gasteiger partial charge in [-0.05, 0) is 30.4 Å². The molecule has 0 amide bonds. The minimum absolute atomic E-state index is 0. The summed E-state index contributed by atoms with van der Waals surface area (Å²) in [5.74, 6) is 0.305. The molecular weight excluding hydrogens is 298 g/mol. The van der Waals surface area contributed by atoms with Crippen LogP contribution < -0.4 is 12.4 Å². The fourth-order valence-corrected chi connectivity index (χ4v) is 2.09. The van der Waals surface area contributed by atoms with Crippen molar-refractivity contribution in [3.8, 4) is 0 Å². The third kappa shape index (κ3) is 7.81. The van der Waals surface area contributed by atoms with E-state index in [0.29, 0.717) is 12.5 Å². The number of ether oxygens (including phenoxy) is 1. The minimum Gasteiger partial charge on any atom is -1.00 e. The summed E-state index contributed by atoms with van der Waals surface area (Å²) in [5, 5.41) is 0. The summed E-state index contributed by atoms with van der Waals surface area (Å²) in [6.45, 7) is 7.62. The summed E-state index contributed by atoms with van der Waals surface area (Å²) in [7, 11) is 6.26. The molecule has 1 unspecified atom stereocenters. The van der Waals surface area contributed by atoms with Gasteiger partial charge in [0.25, 0.3) is 0 Å². The summed E-state index contributed by atoms with van der Waals surface area (Å²) >= 11 is 0. The van der Waals surface area contributed by atoms with Gasteiger partial charge in [0.2, 0.25) is 0 Å². The normalized spacial score (nSPS) is 12.7. The highest BCUT2D eigenvalue weighted by Crippen LogP contribution is 2.18. The van der Waals surface area contributed by atoms with Gasteiger partial charge in [-0.25, -0.2) is 0 Å². The van der Waals surface area contributed by atoms with Crippen molar-refractivity contribution in [2.45, 2.75) is 33.1 Å². The lowest BCUT2D eigenvalue weighted by Crippen LogP contribution is -3.00. The third-order valence-corrected chi connectivity index (χ3v) is 3.48. The highest BCUT2D eigenvalue weighted by molar-refractivity contribution is 5.77. The summed E-state index contributed by atoms with van der Waals surface area (Å²) in [4.78, 5) is 12.1. The van der Waals surface area contributed by atoms with E-state index in [0.717, 1.165) is 23.0 Å². The van der Waals surface area contributed by atoms with Crippen molar-refractivity contribution >= 4 is 5.97 Å². The van der Waals surface area contributed by atoms with Gasteiger partial charge < -0.3 is 21.6 Å². The van der Waals surface area contributed by atoms with Gasteiger partial charge in [-0.1, -0.05) is 38.1 Å². The van der Waals surface area contributed by atoms with Gasteiger partial charge in [0.05, 0.1) is 27.1 Å². The van der Waals surface area contributed by atoms with Crippen molar-refractivity contribution in [3.05, 3.63) is 35.4 Å². The van der Waals surface area contributed by atoms with E-state index in [-0.39, 0.29) is 24.3 Å². The number of carbonyl (C=O) groups is 1. The second-order valence-corrected chi connectivity index (χ2v) is 7.24. The number of carbonyl (C=O) groups excluding carboxylic acids is 1. The summed E-state index contributed by atoms with van der Waals surface area (Å²) in [5.41, 5.74) is 2.34. The summed E-state index contributed by atoms with van der Waals surface area (Å²) in [6.07, 6.45) is 1.07. The molecule has 4 heteroatoms. The number of nitrogens with zero attached hydrogens (tertiary/aromatic N) is 1. The van der Waals surface area contributed by atoms with E-state index < -0.39 is 0 Å². The maximum absolute atomic E-state index is 12.1. The Kier molecular flexibility index (Phi) is 8.72. The molecule has 0 aliphatic rings. The predicted octanol–water partition coefficient (Wildman–Crippen LogP) is 0.242. The molecule has 1 atom stereocenters. The number of likely N-dealkylation sites (N-methyl/N-ethyl adjacent to an activating group) is 1. The molecule has 1 aromatic carbocycles. The Morgan fingerprint density at radius 2 is 1.64 bits per heavy atom. The van der Waals surface area contributed by atoms with Gasteiger partial charge in [0.1, 0.15) is 13.2 Å². The number of esters is 1. The summed E-state index contributed by atoms with van der Waals surface area (Å²) < 4.78 is 6.17. The van der Waals surface area contributed by atoms with Crippen molar-refractivity contribution in [2.75, 3.05) is 34.3 Å². The Hall–Kier alpha value is -1.06. The van der Waals surface area contributed by atoms with Crippen LogP contribution in [0.5, 0.6) is 0 Å². The van der Waals surface area contributed by atoms with E-state index >= 15 is 0 Å². The molecule has 1 aromatic rings. The number of rotatable bonds is 7. The standard InChI is InChI=1S/C18H30NO2.ClH/c1-14(2)13-16-7-9-17(10-8-16)15(3)18(20)21-12-11-19(4,5)6;/h7-10,14-15H,11-13H2,1-6H3;1H/q+1;/p-1. The molecule has 0 aromatic heterocycles. The van der Waals surface area contributed by atoms with Gasteiger partial charge in [0.15, 0.2) is 0 Å². The highest BCUT2D eigenvalue weighted by atomic mass is 35.5. The second-order valence-electron chi connectivity index (χ2n) is 7.24. The van der Waals surface area contributed by atoms with E-state index in [2.05, 4.69) is 47.1 Å². The first-order valence-electron chi connectivity index (χ1n) is 7.75. The number of benzene rings is 1. The fraction of sp³-hybridized carbons (Fsp3) is 0.611. The smallest absolute Gasteiger partial charge is 0.313 e. The number of quaternary nitrogens is 1. The molecule has 1 rings (SSSR count). The number of halogens is 1. The first kappa shape index (κ1) is 20.9. The van der Waals surface area contributed by atoms with Crippen LogP contribution in [0.2, 0.25) is 0 Å². The molecule has 0 aliphatic heterocycles. The van der Waals surface area contributed by atoms with Crippen LogP contribution in [-0.4, -0.2) is 44.7 Å². The average molecular weight is 328 g/mol. The minimum atomic E-state index is -0.203. The van der Waals surface area contributed by atoms with Crippen molar-refractivity contribution < 1.29 is 26.4 Å². The van der Waals surface area contributed by atoms with Crippen LogP contribution in [0.3, 0.4) is 0 Å². The van der Waals surface area contributed by atoms with Crippen LogP contribution in [-0.2, 0) is 16.0 Å². The molecule has 0 aliphatic carbocycles. The number of hydrogen-bond acceptors (Lipinski definition) is 2. The van der Waals surface area contributed by atoms with Crippen LogP contribution >= 0.6 is 0 Å². The van der Waals surface area contributed by atoms with Crippen molar-refractivity contribution in [1.82, 2.24) is 0 Å². The average Bonchev–Trinajstić information content (AvgIpc) is 2.36. The maximum Gasteiger partial charge on any atom is 0.313 e. The molecule has 3 nitrogen and oxygen atoms in total. The van der Waals surface area contributed by atoms with Gasteiger partial charge in [-0.2, -0.15) is 0 Å². The van der Waals surface area contributed by atoms with Gasteiger partial charge in [0, 0.05) is 0 Å². The van der Waals surface area contributed by atoms with E-state index in [4.69, 9.17) is 4.74 Å². The molecule has 0 bridgehead atoms. The van der Waals surface area contributed by atoms with E-state index in [1.807, 2.05) is 19.1 Å².